The van der Waals surface area contributed by atoms with Crippen LogP contribution < -0.4 is 5.73 Å². The van der Waals surface area contributed by atoms with E-state index in [1.54, 1.807) is 12.5 Å². The number of nitrogens with two attached hydrogens (primary N) is 1. The molecule has 1 aromatic heterocycles. The Labute approximate surface area is 55.3 Å². The first-order valence-electron chi connectivity index (χ1n) is 3.11. The van der Waals surface area contributed by atoms with Gasteiger partial charge < -0.3 is 10.7 Å². The van der Waals surface area contributed by atoms with Crippen molar-refractivity contribution in [3.63, 3.8) is 0 Å². The second-order valence-corrected chi connectivity index (χ2v) is 1.28. The average Bonchev–Trinajstić information content (AvgIpc) is 2.43. The summed E-state index contributed by atoms with van der Waals surface area (Å²) in [7, 11) is 0. The van der Waals surface area contributed by atoms with Crippen LogP contribution in [-0.2, 0) is 6.54 Å². The van der Waals surface area contributed by atoms with Gasteiger partial charge in [0.1, 0.15) is 0 Å². The Kier molecular flexibility index (Phi) is 4.82. The number of rotatable bonds is 1. The number of aromatic amines is 1. The molecule has 0 aliphatic carbocycles. The molecular weight excluding hydrogens is 114 g/mol. The van der Waals surface area contributed by atoms with Crippen LogP contribution in [0, 0.1) is 0 Å². The zero-order valence-electron chi connectivity index (χ0n) is 5.89. The van der Waals surface area contributed by atoms with E-state index >= 15 is 0 Å². The minimum absolute atomic E-state index is 0.542. The molecule has 0 bridgehead atoms. The Balaban J connectivity index is 0.000000291. The normalized spacial score (nSPS) is 7.89. The van der Waals surface area contributed by atoms with E-state index in [1.165, 1.54) is 0 Å². The quantitative estimate of drug-likeness (QED) is 0.588. The molecule has 0 aromatic carbocycles. The highest BCUT2D eigenvalue weighted by molar-refractivity contribution is 4.91. The van der Waals surface area contributed by atoms with Crippen LogP contribution in [0.4, 0.5) is 0 Å². The summed E-state index contributed by atoms with van der Waals surface area (Å²) in [6.45, 7) is 4.54. The van der Waals surface area contributed by atoms with Crippen molar-refractivity contribution in [3.05, 3.63) is 18.2 Å². The van der Waals surface area contributed by atoms with E-state index in [-0.39, 0.29) is 0 Å². The van der Waals surface area contributed by atoms with Crippen molar-refractivity contribution in [3.8, 4) is 0 Å². The molecule has 0 fully saturated rings. The van der Waals surface area contributed by atoms with Crippen molar-refractivity contribution >= 4 is 0 Å². The maximum atomic E-state index is 5.22. The fourth-order valence-electron chi connectivity index (χ4n) is 0.396. The van der Waals surface area contributed by atoms with Crippen molar-refractivity contribution in [1.82, 2.24) is 9.97 Å². The van der Waals surface area contributed by atoms with Gasteiger partial charge in [0.25, 0.3) is 0 Å². The van der Waals surface area contributed by atoms with Gasteiger partial charge in [-0.25, -0.2) is 4.98 Å². The first-order valence-corrected chi connectivity index (χ1v) is 3.11. The van der Waals surface area contributed by atoms with E-state index in [4.69, 9.17) is 5.73 Å². The molecule has 3 nitrogen and oxygen atoms in total. The zero-order chi connectivity index (χ0) is 7.11. The van der Waals surface area contributed by atoms with Gasteiger partial charge in [0.2, 0.25) is 0 Å². The lowest BCUT2D eigenvalue weighted by atomic mass is 10.5. The minimum Gasteiger partial charge on any atom is -0.347 e. The molecule has 52 valence electrons. The summed E-state index contributed by atoms with van der Waals surface area (Å²) < 4.78 is 0. The lowest BCUT2D eigenvalue weighted by Crippen LogP contribution is -1.94. The number of hydrogen-bond acceptors (Lipinski definition) is 2. The second-order valence-electron chi connectivity index (χ2n) is 1.28. The maximum absolute atomic E-state index is 5.22. The number of H-pyrrole nitrogens is 1. The van der Waals surface area contributed by atoms with E-state index < -0.39 is 0 Å². The van der Waals surface area contributed by atoms with E-state index in [2.05, 4.69) is 9.97 Å². The van der Waals surface area contributed by atoms with Crippen molar-refractivity contribution in [2.24, 2.45) is 5.73 Å². The molecule has 0 atom stereocenters. The highest BCUT2D eigenvalue weighted by Gasteiger charge is 1.82. The molecular formula is C6H13N3. The van der Waals surface area contributed by atoms with Gasteiger partial charge >= 0.3 is 0 Å². The topological polar surface area (TPSA) is 54.7 Å². The molecule has 0 unspecified atom stereocenters. The van der Waals surface area contributed by atoms with Crippen molar-refractivity contribution in [2.75, 3.05) is 0 Å². The third-order valence-electron chi connectivity index (χ3n) is 0.775. The van der Waals surface area contributed by atoms with Crippen LogP contribution in [0.1, 0.15) is 19.5 Å². The number of aromatic nitrogens is 2. The largest absolute Gasteiger partial charge is 0.347 e. The number of nitrogens with one attached hydrogen (secondary N) is 1. The van der Waals surface area contributed by atoms with Gasteiger partial charge in [0.15, 0.2) is 0 Å². The number of hydrogen-bond donors (Lipinski definition) is 2. The lowest BCUT2D eigenvalue weighted by molar-refractivity contribution is 1.01. The summed E-state index contributed by atoms with van der Waals surface area (Å²) in [6.07, 6.45) is 3.32. The minimum atomic E-state index is 0.542. The van der Waals surface area contributed by atoms with Gasteiger partial charge in [-0.1, -0.05) is 13.8 Å². The Morgan fingerprint density at radius 2 is 2.33 bits per heavy atom. The third-order valence-corrected chi connectivity index (χ3v) is 0.775. The van der Waals surface area contributed by atoms with E-state index in [0.717, 1.165) is 5.69 Å². The molecule has 0 saturated heterocycles. The number of nitrogens with zero attached hydrogens (tertiary/aromatic N) is 1. The van der Waals surface area contributed by atoms with Crippen LogP contribution >= 0.6 is 0 Å². The molecule has 1 heterocycles. The molecule has 3 heteroatoms. The van der Waals surface area contributed by atoms with Crippen molar-refractivity contribution < 1.29 is 0 Å². The van der Waals surface area contributed by atoms with Gasteiger partial charge in [0, 0.05) is 18.4 Å². The molecule has 0 saturated carbocycles. The van der Waals surface area contributed by atoms with Crippen LogP contribution in [-0.4, -0.2) is 9.97 Å². The van der Waals surface area contributed by atoms with Crippen molar-refractivity contribution in [1.29, 1.82) is 0 Å². The lowest BCUT2D eigenvalue weighted by Gasteiger charge is -1.80. The summed E-state index contributed by atoms with van der Waals surface area (Å²) in [5.41, 5.74) is 6.20. The van der Waals surface area contributed by atoms with Crippen LogP contribution in [0.2, 0.25) is 0 Å². The Bertz CT molecular complexity index is 123. The molecule has 1 rings (SSSR count). The highest BCUT2D eigenvalue weighted by Crippen LogP contribution is 1.84. The van der Waals surface area contributed by atoms with Gasteiger partial charge in [-0.05, 0) is 0 Å². The number of imidazole rings is 1. The van der Waals surface area contributed by atoms with Crippen LogP contribution in [0.3, 0.4) is 0 Å². The van der Waals surface area contributed by atoms with Crippen LogP contribution in [0.5, 0.6) is 0 Å². The summed E-state index contributed by atoms with van der Waals surface area (Å²) in [6, 6.07) is 0. The Morgan fingerprint density at radius 3 is 2.56 bits per heavy atom. The molecule has 0 aliphatic rings. The maximum Gasteiger partial charge on any atom is 0.0922 e. The molecule has 9 heavy (non-hydrogen) atoms. The molecule has 0 spiro atoms. The van der Waals surface area contributed by atoms with Gasteiger partial charge in [-0.15, -0.1) is 0 Å². The molecule has 0 amide bonds. The van der Waals surface area contributed by atoms with Crippen LogP contribution in [0.15, 0.2) is 12.5 Å². The summed E-state index contributed by atoms with van der Waals surface area (Å²) in [4.78, 5) is 6.61. The first-order chi connectivity index (χ1) is 4.43. The SMILES string of the molecule is CC.NCc1cnc[nH]1. The van der Waals surface area contributed by atoms with E-state index in [1.807, 2.05) is 13.8 Å². The third kappa shape index (κ3) is 2.87. The van der Waals surface area contributed by atoms with E-state index in [0.29, 0.717) is 6.54 Å². The fraction of sp³-hybridized carbons (Fsp3) is 0.500. The Morgan fingerprint density at radius 1 is 1.67 bits per heavy atom. The van der Waals surface area contributed by atoms with Crippen molar-refractivity contribution in [2.45, 2.75) is 20.4 Å². The predicted molar refractivity (Wildman–Crippen MR) is 37.8 cm³/mol. The first kappa shape index (κ1) is 8.17. The predicted octanol–water partition coefficient (Wildman–Crippen LogP) is 0.895. The van der Waals surface area contributed by atoms with Gasteiger partial charge in [0.05, 0.1) is 6.33 Å². The molecule has 0 aliphatic heterocycles. The standard InChI is InChI=1S/C4H7N3.C2H6/c5-1-4-2-6-3-7-4;1-2/h2-3H,1,5H2,(H,6,7);1-2H3. The summed E-state index contributed by atoms with van der Waals surface area (Å²) in [5.74, 6) is 0. The Hall–Kier alpha value is -0.830. The molecule has 1 aromatic rings. The van der Waals surface area contributed by atoms with Crippen LogP contribution in [0.25, 0.3) is 0 Å². The highest BCUT2D eigenvalue weighted by atomic mass is 14.9. The molecule has 0 radical (unpaired) electrons. The van der Waals surface area contributed by atoms with E-state index in [9.17, 15) is 0 Å². The fourth-order valence-corrected chi connectivity index (χ4v) is 0.396. The second kappa shape index (κ2) is 5.31. The van der Waals surface area contributed by atoms with Gasteiger partial charge in [-0.2, -0.15) is 0 Å². The summed E-state index contributed by atoms with van der Waals surface area (Å²) >= 11 is 0. The average molecular weight is 127 g/mol. The summed E-state index contributed by atoms with van der Waals surface area (Å²) in [5, 5.41) is 0. The monoisotopic (exact) mass is 127 g/mol. The zero-order valence-corrected chi connectivity index (χ0v) is 5.89. The smallest absolute Gasteiger partial charge is 0.0922 e. The van der Waals surface area contributed by atoms with Gasteiger partial charge in [-0.3, -0.25) is 0 Å². The molecule has 3 N–H and O–H groups in total.